The van der Waals surface area contributed by atoms with Gasteiger partial charge in [0.15, 0.2) is 0 Å². The van der Waals surface area contributed by atoms with Gasteiger partial charge in [0.1, 0.15) is 11.4 Å². The van der Waals surface area contributed by atoms with Crippen molar-refractivity contribution in [1.82, 2.24) is 15.3 Å². The van der Waals surface area contributed by atoms with Gasteiger partial charge >= 0.3 is 0 Å². The standard InChI is InChI=1S/C4H11N3O3S2/c1-6-2-7(4(11)5-6)3-12(8,9)10/h4-5,11H,2-3H2,1H3,(H,8,9,10). The molecule has 1 heterocycles. The van der Waals surface area contributed by atoms with Crippen LogP contribution in [0.1, 0.15) is 0 Å². The average molecular weight is 213 g/mol. The van der Waals surface area contributed by atoms with Crippen LogP contribution in [0, 0.1) is 0 Å². The highest BCUT2D eigenvalue weighted by Crippen LogP contribution is 2.09. The van der Waals surface area contributed by atoms with Crippen LogP contribution >= 0.6 is 12.6 Å². The van der Waals surface area contributed by atoms with E-state index in [1.165, 1.54) is 4.90 Å². The van der Waals surface area contributed by atoms with Crippen LogP contribution in [0.15, 0.2) is 0 Å². The van der Waals surface area contributed by atoms with Crippen molar-refractivity contribution < 1.29 is 13.0 Å². The number of rotatable bonds is 2. The number of thiol groups is 1. The number of hydrogen-bond acceptors (Lipinski definition) is 6. The molecule has 0 aromatic carbocycles. The average Bonchev–Trinajstić information content (AvgIpc) is 2.06. The maximum absolute atomic E-state index is 10.5. The molecule has 1 saturated heterocycles. The van der Waals surface area contributed by atoms with E-state index in [4.69, 9.17) is 4.55 Å². The fourth-order valence-electron chi connectivity index (χ4n) is 0.990. The van der Waals surface area contributed by atoms with Crippen LogP contribution in [-0.4, -0.2) is 48.0 Å². The molecule has 0 saturated carbocycles. The van der Waals surface area contributed by atoms with E-state index in [1.54, 1.807) is 12.1 Å². The minimum Gasteiger partial charge on any atom is -0.285 e. The number of nitrogens with one attached hydrogen (secondary N) is 1. The second-order valence-corrected chi connectivity index (χ2v) is 4.55. The highest BCUT2D eigenvalue weighted by Gasteiger charge is 2.27. The first-order chi connectivity index (χ1) is 5.38. The molecule has 72 valence electrons. The summed E-state index contributed by atoms with van der Waals surface area (Å²) in [5.74, 6) is -0.404. The monoisotopic (exact) mass is 213 g/mol. The van der Waals surface area contributed by atoms with Crippen LogP contribution in [0.2, 0.25) is 0 Å². The molecule has 1 fully saturated rings. The Morgan fingerprint density at radius 2 is 2.33 bits per heavy atom. The summed E-state index contributed by atoms with van der Waals surface area (Å²) in [5, 5.41) is 1.68. The zero-order valence-electron chi connectivity index (χ0n) is 6.51. The quantitative estimate of drug-likeness (QED) is 0.393. The van der Waals surface area contributed by atoms with Crippen molar-refractivity contribution in [1.29, 1.82) is 0 Å². The van der Waals surface area contributed by atoms with Gasteiger partial charge in [-0.3, -0.25) is 4.55 Å². The fraction of sp³-hybridized carbons (Fsp3) is 1.00. The molecule has 1 unspecified atom stereocenters. The minimum atomic E-state index is -3.95. The summed E-state index contributed by atoms with van der Waals surface area (Å²) in [4.78, 5) is 1.47. The van der Waals surface area contributed by atoms with Gasteiger partial charge in [-0.05, 0) is 0 Å². The Bertz CT molecular complexity index is 254. The van der Waals surface area contributed by atoms with Crippen LogP contribution in [0.5, 0.6) is 0 Å². The van der Waals surface area contributed by atoms with E-state index in [0.717, 1.165) is 0 Å². The maximum atomic E-state index is 10.5. The molecular formula is C4H11N3O3S2. The number of hydrazine groups is 1. The maximum Gasteiger partial charge on any atom is 0.278 e. The summed E-state index contributed by atoms with van der Waals surface area (Å²) >= 11 is 4.06. The third-order valence-electron chi connectivity index (χ3n) is 1.40. The van der Waals surface area contributed by atoms with Gasteiger partial charge in [-0.1, -0.05) is 0 Å². The van der Waals surface area contributed by atoms with Crippen LogP contribution in [0.25, 0.3) is 0 Å². The zero-order chi connectivity index (χ0) is 9.35. The first kappa shape index (κ1) is 10.2. The summed E-state index contributed by atoms with van der Waals surface area (Å²) in [6, 6.07) is 0. The van der Waals surface area contributed by atoms with Crippen molar-refractivity contribution >= 4 is 22.7 Å². The molecule has 0 aliphatic carbocycles. The molecule has 0 amide bonds. The third kappa shape index (κ3) is 2.88. The lowest BCUT2D eigenvalue weighted by atomic mass is 10.8. The summed E-state index contributed by atoms with van der Waals surface area (Å²) in [6.45, 7) is 0.411. The molecule has 0 aromatic rings. The van der Waals surface area contributed by atoms with Gasteiger partial charge in [0.25, 0.3) is 10.1 Å². The van der Waals surface area contributed by atoms with Gasteiger partial charge < -0.3 is 0 Å². The second kappa shape index (κ2) is 3.48. The van der Waals surface area contributed by atoms with E-state index in [-0.39, 0.29) is 5.50 Å². The van der Waals surface area contributed by atoms with Gasteiger partial charge in [0.05, 0.1) is 6.67 Å². The Kier molecular flexibility index (Phi) is 2.97. The molecule has 2 N–H and O–H groups in total. The second-order valence-electron chi connectivity index (χ2n) is 2.64. The normalized spacial score (nSPS) is 28.1. The van der Waals surface area contributed by atoms with E-state index < -0.39 is 16.0 Å². The van der Waals surface area contributed by atoms with Crippen LogP contribution in [0.4, 0.5) is 0 Å². The van der Waals surface area contributed by atoms with Crippen LogP contribution in [-0.2, 0) is 10.1 Å². The van der Waals surface area contributed by atoms with Gasteiger partial charge in [0, 0.05) is 7.05 Å². The Balaban J connectivity index is 2.55. The predicted molar refractivity (Wildman–Crippen MR) is 46.8 cm³/mol. The van der Waals surface area contributed by atoms with Crippen molar-refractivity contribution in [2.24, 2.45) is 0 Å². The zero-order valence-corrected chi connectivity index (χ0v) is 8.22. The molecule has 1 aliphatic heterocycles. The minimum absolute atomic E-state index is 0.364. The smallest absolute Gasteiger partial charge is 0.278 e. The molecule has 12 heavy (non-hydrogen) atoms. The molecule has 0 radical (unpaired) electrons. The van der Waals surface area contributed by atoms with Crippen LogP contribution < -0.4 is 5.43 Å². The molecule has 1 aliphatic rings. The third-order valence-corrected chi connectivity index (χ3v) is 2.50. The number of nitrogens with zero attached hydrogens (tertiary/aromatic N) is 2. The fourth-order valence-corrected chi connectivity index (χ4v) is 2.10. The van der Waals surface area contributed by atoms with E-state index in [9.17, 15) is 8.42 Å². The van der Waals surface area contributed by atoms with Crippen molar-refractivity contribution in [3.63, 3.8) is 0 Å². The van der Waals surface area contributed by atoms with E-state index in [2.05, 4.69) is 18.1 Å². The van der Waals surface area contributed by atoms with Gasteiger partial charge in [-0.15, -0.1) is 12.6 Å². The predicted octanol–water partition coefficient (Wildman–Crippen LogP) is -1.25. The van der Waals surface area contributed by atoms with Gasteiger partial charge in [-0.2, -0.15) is 8.42 Å². The van der Waals surface area contributed by atoms with Gasteiger partial charge in [0.2, 0.25) is 0 Å². The van der Waals surface area contributed by atoms with E-state index in [1.807, 2.05) is 0 Å². The molecular weight excluding hydrogens is 202 g/mol. The molecule has 0 aromatic heterocycles. The summed E-state index contributed by atoms with van der Waals surface area (Å²) in [7, 11) is -2.20. The SMILES string of the molecule is CN1CN(CS(=O)(=O)O)C(S)N1. The molecule has 6 nitrogen and oxygen atoms in total. The summed E-state index contributed by atoms with van der Waals surface area (Å²) in [6.07, 6.45) is 0. The lowest BCUT2D eigenvalue weighted by Crippen LogP contribution is -2.34. The van der Waals surface area contributed by atoms with Crippen molar-refractivity contribution in [2.45, 2.75) is 5.50 Å². The Hall–Kier alpha value is 0.140. The first-order valence-electron chi connectivity index (χ1n) is 3.23. The largest absolute Gasteiger partial charge is 0.285 e. The summed E-state index contributed by atoms with van der Waals surface area (Å²) in [5.41, 5.74) is 2.47. The van der Waals surface area contributed by atoms with Crippen LogP contribution in [0.3, 0.4) is 0 Å². The first-order valence-corrected chi connectivity index (χ1v) is 5.35. The Morgan fingerprint density at radius 3 is 2.67 bits per heavy atom. The van der Waals surface area contributed by atoms with E-state index >= 15 is 0 Å². The lowest BCUT2D eigenvalue weighted by Gasteiger charge is -2.15. The Morgan fingerprint density at radius 1 is 1.75 bits per heavy atom. The highest BCUT2D eigenvalue weighted by molar-refractivity contribution is 7.85. The van der Waals surface area contributed by atoms with Crippen molar-refractivity contribution in [3.8, 4) is 0 Å². The Labute approximate surface area is 76.7 Å². The molecule has 1 atom stereocenters. The summed E-state index contributed by atoms with van der Waals surface area (Å²) < 4.78 is 29.5. The van der Waals surface area contributed by atoms with Crippen molar-refractivity contribution in [3.05, 3.63) is 0 Å². The molecule has 0 bridgehead atoms. The molecule has 1 rings (SSSR count). The topological polar surface area (TPSA) is 72.9 Å². The van der Waals surface area contributed by atoms with Crippen molar-refractivity contribution in [2.75, 3.05) is 19.6 Å². The van der Waals surface area contributed by atoms with Gasteiger partial charge in [-0.25, -0.2) is 15.3 Å². The molecule has 8 heteroatoms. The van der Waals surface area contributed by atoms with E-state index in [0.29, 0.717) is 6.67 Å². The lowest BCUT2D eigenvalue weighted by molar-refractivity contribution is 0.273. The molecule has 0 spiro atoms. The highest BCUT2D eigenvalue weighted by atomic mass is 32.2. The number of hydrogen-bond donors (Lipinski definition) is 3.